The molecule has 33 nitrogen and oxygen atoms in total. The van der Waals surface area contributed by atoms with Gasteiger partial charge < -0.3 is 99.0 Å². The highest BCUT2D eigenvalue weighted by Crippen LogP contribution is 2.48. The van der Waals surface area contributed by atoms with E-state index in [4.69, 9.17) is 57.1 Å². The van der Waals surface area contributed by atoms with Gasteiger partial charge in [-0.25, -0.2) is 23.5 Å². The van der Waals surface area contributed by atoms with E-state index in [1.165, 1.54) is 10.6 Å². The molecule has 2 aromatic heterocycles. The number of fused-ring (bicyclic) bond motifs is 5. The highest BCUT2D eigenvalue weighted by molar-refractivity contribution is 6.28. The van der Waals surface area contributed by atoms with E-state index >= 15 is 8.78 Å². The zero-order valence-electron chi connectivity index (χ0n) is 63.6. The first-order valence-corrected chi connectivity index (χ1v) is 38.2. The molecule has 2 saturated carbocycles. The highest BCUT2D eigenvalue weighted by atomic mass is 19.1. The van der Waals surface area contributed by atoms with E-state index in [0.717, 1.165) is 42.7 Å². The maximum atomic E-state index is 15.8. The third kappa shape index (κ3) is 22.7. The van der Waals surface area contributed by atoms with E-state index < -0.39 is 132 Å². The van der Waals surface area contributed by atoms with Crippen LogP contribution in [-0.4, -0.2) is 232 Å². The van der Waals surface area contributed by atoms with Crippen molar-refractivity contribution in [2.75, 3.05) is 151 Å². The van der Waals surface area contributed by atoms with E-state index in [9.17, 15) is 57.8 Å². The summed E-state index contributed by atoms with van der Waals surface area (Å²) in [7, 11) is 1.61. The van der Waals surface area contributed by atoms with E-state index in [1.54, 1.807) is 50.4 Å². The van der Waals surface area contributed by atoms with E-state index in [0.29, 0.717) is 154 Å². The predicted octanol–water partition coefficient (Wildman–Crippen LogP) is 1.89. The van der Waals surface area contributed by atoms with Crippen molar-refractivity contribution in [2.24, 2.45) is 11.8 Å². The summed E-state index contributed by atoms with van der Waals surface area (Å²) < 4.78 is 93.3. The molecular formula is C79H96F2N10O23. The molecule has 0 bridgehead atoms. The molecule has 35 heteroatoms. The molecule has 3 aliphatic carbocycles. The number of benzene rings is 3. The Bertz CT molecular complexity index is 4410. The Hall–Kier alpha value is -10.1. The molecule has 2 fully saturated rings. The van der Waals surface area contributed by atoms with E-state index in [1.807, 2.05) is 0 Å². The first kappa shape index (κ1) is 84.8. The van der Waals surface area contributed by atoms with Crippen LogP contribution in [0.25, 0.3) is 22.3 Å². The van der Waals surface area contributed by atoms with Gasteiger partial charge >= 0.3 is 5.97 Å². The highest BCUT2D eigenvalue weighted by Gasteiger charge is 2.50. The van der Waals surface area contributed by atoms with E-state index in [2.05, 4.69) is 37.2 Å². The SMILES string of the molecule is COCCOCCOCCOCCOCCOCCOCCOCCNC(=O)c1cc(N2C(=O)C=CC2=O)cc(F)c1OCCCC(=O)NCC(=O)NCC(=O)N[C@@H](Cc1ccccc1)C(=O)NCC(=O)NCO[C@H](C(=O)N[C@H]1CCc2c(C)c(F)cc3nc4c(c1c23)Cn1c-4cc2c(c1=O)COC(=O)[C@]2(O)CC1CC1)C1CC1. The fourth-order valence-corrected chi connectivity index (χ4v) is 13.7. The molecule has 11 rings (SSSR count). The lowest BCUT2D eigenvalue weighted by Crippen LogP contribution is -2.52. The second-order valence-corrected chi connectivity index (χ2v) is 28.1. The monoisotopic (exact) mass is 1590 g/mol. The molecule has 614 valence electrons. The number of cyclic esters (lactones) is 1. The van der Waals surface area contributed by atoms with Gasteiger partial charge in [0, 0.05) is 67.3 Å². The van der Waals surface area contributed by atoms with Gasteiger partial charge in [0.05, 0.1) is 172 Å². The lowest BCUT2D eigenvalue weighted by molar-refractivity contribution is -0.173. The van der Waals surface area contributed by atoms with Gasteiger partial charge in [0.15, 0.2) is 17.2 Å². The molecule has 114 heavy (non-hydrogen) atoms. The lowest BCUT2D eigenvalue weighted by atomic mass is 9.81. The van der Waals surface area contributed by atoms with Crippen LogP contribution in [0.3, 0.4) is 0 Å². The minimum atomic E-state index is -2.04. The number of anilines is 1. The van der Waals surface area contributed by atoms with Crippen molar-refractivity contribution >= 4 is 75.7 Å². The number of hydrogen-bond acceptors (Lipinski definition) is 24. The number of methoxy groups -OCH3 is 1. The number of hydrogen-bond donors (Lipinski definition) is 8. The van der Waals surface area contributed by atoms with Crippen molar-refractivity contribution in [3.8, 4) is 17.1 Å². The summed E-state index contributed by atoms with van der Waals surface area (Å²) in [6.07, 6.45) is 4.46. The van der Waals surface area contributed by atoms with Crippen molar-refractivity contribution < 1.29 is 114 Å². The number of nitrogens with zero attached hydrogens (tertiary/aromatic N) is 3. The van der Waals surface area contributed by atoms with Gasteiger partial charge in [0.25, 0.3) is 23.3 Å². The Morgan fingerprint density at radius 3 is 1.91 bits per heavy atom. The zero-order valence-corrected chi connectivity index (χ0v) is 63.6. The molecule has 3 aliphatic heterocycles. The van der Waals surface area contributed by atoms with Gasteiger partial charge in [-0.1, -0.05) is 43.2 Å². The van der Waals surface area contributed by atoms with Gasteiger partial charge in [-0.2, -0.15) is 0 Å². The number of amides is 9. The van der Waals surface area contributed by atoms with Crippen LogP contribution in [0.15, 0.2) is 71.5 Å². The maximum absolute atomic E-state index is 15.8. The summed E-state index contributed by atoms with van der Waals surface area (Å²) in [5.74, 6) is -9.50. The number of aromatic nitrogens is 2. The van der Waals surface area contributed by atoms with Crippen molar-refractivity contribution in [1.29, 1.82) is 0 Å². The number of rotatable bonds is 49. The molecule has 8 N–H and O–H groups in total. The number of esters is 1. The largest absolute Gasteiger partial charge is 0.490 e. The van der Waals surface area contributed by atoms with Gasteiger partial charge in [-0.15, -0.1) is 0 Å². The number of aryl methyl sites for hydroxylation is 1. The number of aliphatic hydroxyl groups is 1. The number of carbonyl (C=O) groups excluding carboxylic acids is 10. The zero-order chi connectivity index (χ0) is 80.7. The molecule has 0 unspecified atom stereocenters. The van der Waals surface area contributed by atoms with Crippen molar-refractivity contribution in [1.82, 2.24) is 46.8 Å². The first-order chi connectivity index (χ1) is 55.2. The van der Waals surface area contributed by atoms with Crippen LogP contribution in [0, 0.1) is 30.4 Å². The fraction of sp³-hybridized carbons (Fsp3) is 0.519. The normalized spacial score (nSPS) is 17.0. The minimum absolute atomic E-state index is 0.0267. The number of pyridine rings is 2. The van der Waals surface area contributed by atoms with Crippen LogP contribution in [-0.2, 0) is 122 Å². The molecule has 3 aromatic carbocycles. The number of imide groups is 1. The molecule has 9 amide bonds. The summed E-state index contributed by atoms with van der Waals surface area (Å²) in [4.78, 5) is 152. The topological polar surface area (TPSA) is 415 Å². The van der Waals surface area contributed by atoms with E-state index in [-0.39, 0.29) is 106 Å². The Labute approximate surface area is 654 Å². The maximum Gasteiger partial charge on any atom is 0.343 e. The van der Waals surface area contributed by atoms with Gasteiger partial charge in [-0.3, -0.25) is 47.9 Å². The number of nitrogens with one attached hydrogen (secondary N) is 7. The predicted molar refractivity (Wildman–Crippen MR) is 400 cm³/mol. The molecule has 5 aromatic rings. The quantitative estimate of drug-likeness (QED) is 0.0117. The lowest BCUT2D eigenvalue weighted by Gasteiger charge is -2.32. The Balaban J connectivity index is 0.585. The Kier molecular flexibility index (Phi) is 30.7. The molecule has 4 atom stereocenters. The molecule has 0 saturated heterocycles. The van der Waals surface area contributed by atoms with Crippen molar-refractivity contribution in [2.45, 2.75) is 108 Å². The summed E-state index contributed by atoms with van der Waals surface area (Å²) in [5.41, 5.74) is 1.33. The van der Waals surface area contributed by atoms with Crippen LogP contribution in [0.5, 0.6) is 5.75 Å². The van der Waals surface area contributed by atoms with Crippen molar-refractivity contribution in [3.05, 3.63) is 133 Å². The summed E-state index contributed by atoms with van der Waals surface area (Å²) >= 11 is 0. The molecule has 0 spiro atoms. The third-order valence-electron chi connectivity index (χ3n) is 19.9. The first-order valence-electron chi connectivity index (χ1n) is 38.2. The van der Waals surface area contributed by atoms with Crippen LogP contribution in [0.2, 0.25) is 0 Å². The average Bonchev–Trinajstić information content (AvgIpc) is 1.52. The second-order valence-electron chi connectivity index (χ2n) is 28.1. The fourth-order valence-electron chi connectivity index (χ4n) is 13.7. The van der Waals surface area contributed by atoms with Gasteiger partial charge in [0.1, 0.15) is 31.3 Å². The second kappa shape index (κ2) is 41.3. The van der Waals surface area contributed by atoms with Crippen LogP contribution >= 0.6 is 0 Å². The average molecular weight is 1590 g/mol. The van der Waals surface area contributed by atoms with Crippen LogP contribution in [0.4, 0.5) is 14.5 Å². The standard InChI is InChI=1S/C79H96F2N10O23/c1-47-52-14-15-59(70-54-44-90-62(71(54)88-60(69(52)70)39-57(47)80)38-56-55(77(90)101)45-113-78(102)79(56,103)40-49-10-11-49)89-76(100)72(50-12-13-50)114-46-86-65(94)42-85-75(99)61(35-48-7-4-3-5-8-48)87-66(95)43-84-64(93)41-83-63(92)9-6-19-112-73-53(36-51(37-58(73)81)91-67(96)16-17-68(91)97)74(98)82-18-20-105-23-24-107-27-28-109-31-32-111-34-33-110-30-29-108-26-25-106-22-21-104-2/h3-5,7-8,16-17,36-39,49-50,59,61,72,103H,6,9-15,18-35,40-46H2,1-2H3,(H,82,98)(H,83,92)(H,84,93)(H,85,99)(H,86,94)(H,87,95)(H,89,100)/t59-,61-,72-,79-/m0/s1. The molecule has 6 aliphatic rings. The van der Waals surface area contributed by atoms with Crippen LogP contribution < -0.4 is 52.4 Å². The molecule has 0 radical (unpaired) electrons. The summed E-state index contributed by atoms with van der Waals surface area (Å²) in [6.45, 7) is 4.35. The summed E-state index contributed by atoms with van der Waals surface area (Å²) in [5, 5.41) is 30.8. The summed E-state index contributed by atoms with van der Waals surface area (Å²) in [6, 6.07) is 11.7. The third-order valence-corrected chi connectivity index (χ3v) is 19.9. The number of ether oxygens (including phenoxy) is 11. The number of carbonyl (C=O) groups is 10. The smallest absolute Gasteiger partial charge is 0.343 e. The Morgan fingerprint density at radius 2 is 1.27 bits per heavy atom. The molecular weight excluding hydrogens is 1490 g/mol. The van der Waals surface area contributed by atoms with Gasteiger partial charge in [0.2, 0.25) is 35.4 Å². The minimum Gasteiger partial charge on any atom is -0.490 e. The van der Waals surface area contributed by atoms with Crippen LogP contribution in [0.1, 0.15) is 107 Å². The molecule has 5 heterocycles. The number of halogens is 2. The Morgan fingerprint density at radius 1 is 0.658 bits per heavy atom. The van der Waals surface area contributed by atoms with Crippen molar-refractivity contribution in [3.63, 3.8) is 0 Å². The van der Waals surface area contributed by atoms with Gasteiger partial charge in [-0.05, 0) is 91.7 Å².